The van der Waals surface area contributed by atoms with E-state index >= 15 is 0 Å². The van der Waals surface area contributed by atoms with Gasteiger partial charge < -0.3 is 10.5 Å². The van der Waals surface area contributed by atoms with E-state index in [0.717, 1.165) is 5.56 Å². The summed E-state index contributed by atoms with van der Waals surface area (Å²) < 4.78 is 21.4. The largest absolute Gasteiger partial charge is 0.377 e. The first-order valence-electron chi connectivity index (χ1n) is 9.19. The summed E-state index contributed by atoms with van der Waals surface area (Å²) >= 11 is 0. The fraction of sp³-hybridized carbons (Fsp3) is 0.182. The Morgan fingerprint density at radius 2 is 1.86 bits per heavy atom. The lowest BCUT2D eigenvalue weighted by atomic mass is 10.2. The molecule has 2 N–H and O–H groups in total. The molecule has 1 atom stereocenters. The first-order valence-corrected chi connectivity index (χ1v) is 9.19. The zero-order chi connectivity index (χ0) is 19.3. The maximum absolute atomic E-state index is 13.8. The quantitative estimate of drug-likeness (QED) is 0.492. The van der Waals surface area contributed by atoms with Gasteiger partial charge in [0.15, 0.2) is 0 Å². The summed E-state index contributed by atoms with van der Waals surface area (Å²) in [5, 5.41) is 0. The van der Waals surface area contributed by atoms with E-state index in [2.05, 4.69) is 9.97 Å². The van der Waals surface area contributed by atoms with Crippen molar-refractivity contribution in [3.05, 3.63) is 90.1 Å². The number of ether oxygens (including phenoxy) is 1. The molecule has 0 fully saturated rings. The van der Waals surface area contributed by atoms with Crippen LogP contribution in [0.15, 0.2) is 72.9 Å². The second-order valence-electron chi connectivity index (χ2n) is 6.56. The van der Waals surface area contributed by atoms with Gasteiger partial charge >= 0.3 is 0 Å². The van der Waals surface area contributed by atoms with Crippen LogP contribution in [0, 0.1) is 5.82 Å². The number of hydrogen-bond acceptors (Lipinski definition) is 4. The number of pyridine rings is 1. The Labute approximate surface area is 162 Å². The summed E-state index contributed by atoms with van der Waals surface area (Å²) in [6, 6.07) is 19.7. The van der Waals surface area contributed by atoms with Crippen LogP contribution in [0.2, 0.25) is 0 Å². The predicted octanol–water partition coefficient (Wildman–Crippen LogP) is 4.17. The number of aromatic nitrogens is 3. The van der Waals surface area contributed by atoms with Crippen LogP contribution in [-0.4, -0.2) is 21.1 Å². The lowest BCUT2D eigenvalue weighted by Gasteiger charge is -2.14. The zero-order valence-electron chi connectivity index (χ0n) is 15.3. The molecule has 4 aromatic rings. The molecule has 0 aliphatic carbocycles. The number of benzene rings is 2. The van der Waals surface area contributed by atoms with Gasteiger partial charge in [-0.1, -0.05) is 36.4 Å². The third-order valence-electron chi connectivity index (χ3n) is 4.54. The first-order chi connectivity index (χ1) is 13.7. The average Bonchev–Trinajstić information content (AvgIpc) is 3.11. The van der Waals surface area contributed by atoms with E-state index < -0.39 is 0 Å². The minimum atomic E-state index is -0.367. The van der Waals surface area contributed by atoms with E-state index in [9.17, 15) is 4.39 Å². The van der Waals surface area contributed by atoms with Crippen molar-refractivity contribution >= 4 is 11.0 Å². The molecule has 0 spiro atoms. The van der Waals surface area contributed by atoms with Crippen LogP contribution in [0.3, 0.4) is 0 Å². The molecular weight excluding hydrogens is 355 g/mol. The normalized spacial score (nSPS) is 12.4. The van der Waals surface area contributed by atoms with E-state index in [-0.39, 0.29) is 11.9 Å². The van der Waals surface area contributed by atoms with Crippen molar-refractivity contribution in [2.45, 2.75) is 19.1 Å². The van der Waals surface area contributed by atoms with Crippen LogP contribution >= 0.6 is 0 Å². The second-order valence-corrected chi connectivity index (χ2v) is 6.56. The van der Waals surface area contributed by atoms with Gasteiger partial charge in [-0.15, -0.1) is 0 Å². The Balaban J connectivity index is 1.55. The van der Waals surface area contributed by atoms with Gasteiger partial charge in [0.25, 0.3) is 0 Å². The van der Waals surface area contributed by atoms with Gasteiger partial charge in [-0.2, -0.15) is 0 Å². The topological polar surface area (TPSA) is 66.0 Å². The van der Waals surface area contributed by atoms with E-state index in [0.29, 0.717) is 42.3 Å². The molecule has 2 heterocycles. The van der Waals surface area contributed by atoms with E-state index in [1.807, 2.05) is 53.1 Å². The summed E-state index contributed by atoms with van der Waals surface area (Å²) in [7, 11) is 0. The standard InChI is InChI=1S/C22H21FN4O/c23-17-9-10-19-20(14-17)27(21-8-4-5-12-25-21)22(26-19)18(24)11-13-28-15-16-6-2-1-3-7-16/h1-10,12,14,18H,11,13,15,24H2. The SMILES string of the molecule is NC(CCOCc1ccccc1)c1nc2ccc(F)cc2n1-c1ccccn1. The van der Waals surface area contributed by atoms with Crippen LogP contribution in [0.1, 0.15) is 23.9 Å². The smallest absolute Gasteiger partial charge is 0.138 e. The second kappa shape index (κ2) is 8.29. The third kappa shape index (κ3) is 3.93. The van der Waals surface area contributed by atoms with Crippen LogP contribution in [0.25, 0.3) is 16.9 Å². The Bertz CT molecular complexity index is 1050. The fourth-order valence-electron chi connectivity index (χ4n) is 3.15. The van der Waals surface area contributed by atoms with Gasteiger partial charge in [0.05, 0.1) is 23.7 Å². The predicted molar refractivity (Wildman–Crippen MR) is 106 cm³/mol. The first kappa shape index (κ1) is 18.3. The highest BCUT2D eigenvalue weighted by Crippen LogP contribution is 2.25. The van der Waals surface area contributed by atoms with E-state index in [1.54, 1.807) is 12.3 Å². The van der Waals surface area contributed by atoms with Crippen LogP contribution in [0.5, 0.6) is 0 Å². The van der Waals surface area contributed by atoms with Gasteiger partial charge in [0.2, 0.25) is 0 Å². The summed E-state index contributed by atoms with van der Waals surface area (Å²) in [5.74, 6) is 0.977. The van der Waals surface area contributed by atoms with Crippen molar-refractivity contribution in [2.24, 2.45) is 5.73 Å². The van der Waals surface area contributed by atoms with Crippen LogP contribution in [0.4, 0.5) is 4.39 Å². The maximum atomic E-state index is 13.8. The molecule has 2 aromatic heterocycles. The van der Waals surface area contributed by atoms with Crippen LogP contribution < -0.4 is 5.73 Å². The summed E-state index contributed by atoms with van der Waals surface area (Å²) in [6.07, 6.45) is 2.28. The summed E-state index contributed by atoms with van der Waals surface area (Å²) in [4.78, 5) is 9.04. The molecule has 142 valence electrons. The number of imidazole rings is 1. The van der Waals surface area contributed by atoms with Gasteiger partial charge in [0.1, 0.15) is 17.5 Å². The number of rotatable bonds is 7. The Kier molecular flexibility index (Phi) is 5.41. The molecule has 6 heteroatoms. The van der Waals surface area contributed by atoms with Gasteiger partial charge in [-0.3, -0.25) is 4.57 Å². The van der Waals surface area contributed by atoms with Gasteiger partial charge in [0, 0.05) is 18.9 Å². The molecule has 4 rings (SSSR count). The van der Waals surface area contributed by atoms with Gasteiger partial charge in [-0.05, 0) is 36.2 Å². The third-order valence-corrected chi connectivity index (χ3v) is 4.54. The van der Waals surface area contributed by atoms with Crippen molar-refractivity contribution in [3.8, 4) is 5.82 Å². The van der Waals surface area contributed by atoms with Crippen molar-refractivity contribution in [3.63, 3.8) is 0 Å². The number of halogens is 1. The molecule has 1 unspecified atom stereocenters. The molecule has 0 aliphatic heterocycles. The zero-order valence-corrected chi connectivity index (χ0v) is 15.3. The van der Waals surface area contributed by atoms with E-state index in [1.165, 1.54) is 12.1 Å². The minimum absolute atomic E-state index is 0.323. The number of nitrogens with two attached hydrogens (primary N) is 1. The van der Waals surface area contributed by atoms with Gasteiger partial charge in [-0.25, -0.2) is 14.4 Å². The summed E-state index contributed by atoms with van der Waals surface area (Å²) in [5.41, 5.74) is 8.88. The highest BCUT2D eigenvalue weighted by Gasteiger charge is 2.19. The molecule has 0 radical (unpaired) electrons. The number of nitrogens with zero attached hydrogens (tertiary/aromatic N) is 3. The Morgan fingerprint density at radius 3 is 2.64 bits per heavy atom. The van der Waals surface area contributed by atoms with Crippen molar-refractivity contribution in [1.82, 2.24) is 14.5 Å². The molecule has 2 aromatic carbocycles. The molecule has 0 saturated carbocycles. The lowest BCUT2D eigenvalue weighted by Crippen LogP contribution is -2.18. The lowest BCUT2D eigenvalue weighted by molar-refractivity contribution is 0.113. The molecule has 5 nitrogen and oxygen atoms in total. The van der Waals surface area contributed by atoms with Crippen molar-refractivity contribution < 1.29 is 9.13 Å². The van der Waals surface area contributed by atoms with Crippen molar-refractivity contribution in [1.29, 1.82) is 0 Å². The molecule has 0 bridgehead atoms. The average molecular weight is 376 g/mol. The number of fused-ring (bicyclic) bond motifs is 1. The molecular formula is C22H21FN4O. The van der Waals surface area contributed by atoms with E-state index in [4.69, 9.17) is 10.5 Å². The highest BCUT2D eigenvalue weighted by atomic mass is 19.1. The van der Waals surface area contributed by atoms with Crippen LogP contribution in [-0.2, 0) is 11.3 Å². The monoisotopic (exact) mass is 376 g/mol. The molecule has 28 heavy (non-hydrogen) atoms. The highest BCUT2D eigenvalue weighted by molar-refractivity contribution is 5.78. The fourth-order valence-corrected chi connectivity index (χ4v) is 3.15. The minimum Gasteiger partial charge on any atom is -0.377 e. The Hall–Kier alpha value is -3.09. The van der Waals surface area contributed by atoms with Crippen molar-refractivity contribution in [2.75, 3.05) is 6.61 Å². The maximum Gasteiger partial charge on any atom is 0.138 e. The molecule has 0 saturated heterocycles. The molecule has 0 aliphatic rings. The molecule has 0 amide bonds. The summed E-state index contributed by atoms with van der Waals surface area (Å²) in [6.45, 7) is 1.03. The number of hydrogen-bond donors (Lipinski definition) is 1. The Morgan fingerprint density at radius 1 is 1.04 bits per heavy atom.